The van der Waals surface area contributed by atoms with E-state index in [1.165, 1.54) is 5.56 Å². The molecule has 140 valence electrons. The minimum Gasteiger partial charge on any atom is -0.487 e. The number of ether oxygens (including phenoxy) is 1. The number of nitrogens with one attached hydrogen (secondary N) is 1. The maximum atomic E-state index is 6.39. The maximum absolute atomic E-state index is 6.39. The molecule has 3 aromatic carbocycles. The molecule has 0 radical (unpaired) electrons. The molecule has 0 fully saturated rings. The molecule has 0 spiro atoms. The summed E-state index contributed by atoms with van der Waals surface area (Å²) in [5.41, 5.74) is 4.25. The molecule has 0 aromatic heterocycles. The third kappa shape index (κ3) is 5.63. The lowest BCUT2D eigenvalue weighted by Crippen LogP contribution is -2.14. The third-order valence-corrected chi connectivity index (χ3v) is 5.05. The van der Waals surface area contributed by atoms with Crippen molar-refractivity contribution in [1.29, 1.82) is 0 Å². The van der Waals surface area contributed by atoms with E-state index in [4.69, 9.17) is 39.5 Å². The summed E-state index contributed by atoms with van der Waals surface area (Å²) in [4.78, 5) is 0. The van der Waals surface area contributed by atoms with Crippen molar-refractivity contribution < 1.29 is 4.74 Å². The normalized spacial score (nSPS) is 10.8. The van der Waals surface area contributed by atoms with Crippen molar-refractivity contribution >= 4 is 34.8 Å². The topological polar surface area (TPSA) is 21.3 Å². The van der Waals surface area contributed by atoms with Crippen molar-refractivity contribution in [2.45, 2.75) is 26.6 Å². The van der Waals surface area contributed by atoms with Gasteiger partial charge in [0.05, 0.1) is 5.02 Å². The Kier molecular flexibility index (Phi) is 7.03. The Hall–Kier alpha value is -1.71. The highest BCUT2D eigenvalue weighted by Crippen LogP contribution is 2.33. The number of benzene rings is 3. The van der Waals surface area contributed by atoms with Crippen LogP contribution in [0.25, 0.3) is 0 Å². The first kappa shape index (κ1) is 20.0. The van der Waals surface area contributed by atoms with Crippen LogP contribution in [0.1, 0.15) is 22.3 Å². The predicted octanol–water partition coefficient (Wildman–Crippen LogP) is 6.82. The highest BCUT2D eigenvalue weighted by molar-refractivity contribution is 6.35. The van der Waals surface area contributed by atoms with E-state index in [0.717, 1.165) is 21.7 Å². The van der Waals surface area contributed by atoms with Crippen LogP contribution in [0.5, 0.6) is 5.75 Å². The van der Waals surface area contributed by atoms with E-state index in [-0.39, 0.29) is 0 Å². The number of rotatable bonds is 7. The SMILES string of the molecule is Cc1ccc(COc2c(Cl)cc(Cl)cc2CNCc2ccccc2Cl)cc1. The number of hydrogen-bond acceptors (Lipinski definition) is 2. The van der Waals surface area contributed by atoms with Crippen LogP contribution in [-0.2, 0) is 19.7 Å². The quantitative estimate of drug-likeness (QED) is 0.452. The van der Waals surface area contributed by atoms with Gasteiger partial charge in [0.2, 0.25) is 0 Å². The van der Waals surface area contributed by atoms with E-state index < -0.39 is 0 Å². The Morgan fingerprint density at radius 3 is 2.26 bits per heavy atom. The second kappa shape index (κ2) is 9.48. The number of halogens is 3. The molecule has 27 heavy (non-hydrogen) atoms. The second-order valence-corrected chi connectivity index (χ2v) is 7.60. The molecular formula is C22H20Cl3NO. The van der Waals surface area contributed by atoms with Gasteiger partial charge in [0.1, 0.15) is 12.4 Å². The van der Waals surface area contributed by atoms with Gasteiger partial charge in [0.25, 0.3) is 0 Å². The molecule has 0 heterocycles. The van der Waals surface area contributed by atoms with Crippen molar-refractivity contribution in [2.24, 2.45) is 0 Å². The largest absolute Gasteiger partial charge is 0.487 e. The van der Waals surface area contributed by atoms with Crippen molar-refractivity contribution in [1.82, 2.24) is 5.32 Å². The molecule has 3 rings (SSSR count). The minimum absolute atomic E-state index is 0.444. The van der Waals surface area contributed by atoms with Crippen molar-refractivity contribution in [3.8, 4) is 5.75 Å². The predicted molar refractivity (Wildman–Crippen MR) is 114 cm³/mol. The molecule has 0 amide bonds. The van der Waals surface area contributed by atoms with Gasteiger partial charge in [-0.25, -0.2) is 0 Å². The molecule has 0 aliphatic carbocycles. The fourth-order valence-corrected chi connectivity index (χ4v) is 3.51. The summed E-state index contributed by atoms with van der Waals surface area (Å²) in [6, 6.07) is 19.6. The molecule has 0 saturated carbocycles. The van der Waals surface area contributed by atoms with Gasteiger partial charge < -0.3 is 10.1 Å². The van der Waals surface area contributed by atoms with Crippen molar-refractivity contribution in [3.63, 3.8) is 0 Å². The monoisotopic (exact) mass is 419 g/mol. The third-order valence-electron chi connectivity index (χ3n) is 4.18. The highest BCUT2D eigenvalue weighted by atomic mass is 35.5. The van der Waals surface area contributed by atoms with E-state index >= 15 is 0 Å². The Balaban J connectivity index is 1.70. The summed E-state index contributed by atoms with van der Waals surface area (Å²) >= 11 is 18.8. The number of hydrogen-bond donors (Lipinski definition) is 1. The van der Waals surface area contributed by atoms with Crippen molar-refractivity contribution in [3.05, 3.63) is 98.0 Å². The molecular weight excluding hydrogens is 401 g/mol. The van der Waals surface area contributed by atoms with E-state index in [1.807, 2.05) is 30.3 Å². The Morgan fingerprint density at radius 1 is 0.815 bits per heavy atom. The summed E-state index contributed by atoms with van der Waals surface area (Å²) in [6.07, 6.45) is 0. The first-order valence-corrected chi connectivity index (χ1v) is 9.76. The number of aryl methyl sites for hydroxylation is 1. The van der Waals surface area contributed by atoms with Gasteiger partial charge in [-0.1, -0.05) is 82.8 Å². The average molecular weight is 421 g/mol. The van der Waals surface area contributed by atoms with Gasteiger partial charge in [-0.2, -0.15) is 0 Å². The molecule has 0 unspecified atom stereocenters. The van der Waals surface area contributed by atoms with E-state index in [1.54, 1.807) is 6.07 Å². The van der Waals surface area contributed by atoms with Crippen molar-refractivity contribution in [2.75, 3.05) is 0 Å². The smallest absolute Gasteiger partial charge is 0.142 e. The van der Waals surface area contributed by atoms with Crippen LogP contribution in [0, 0.1) is 6.92 Å². The molecule has 1 N–H and O–H groups in total. The van der Waals surface area contributed by atoms with Gasteiger partial charge in [-0.05, 0) is 36.2 Å². The molecule has 2 nitrogen and oxygen atoms in total. The summed E-state index contributed by atoms with van der Waals surface area (Å²) in [7, 11) is 0. The van der Waals surface area contributed by atoms with Crippen LogP contribution in [0.15, 0.2) is 60.7 Å². The lowest BCUT2D eigenvalue weighted by Gasteiger charge is -2.15. The van der Waals surface area contributed by atoms with Crippen LogP contribution in [0.4, 0.5) is 0 Å². The van der Waals surface area contributed by atoms with E-state index in [9.17, 15) is 0 Å². The molecule has 5 heteroatoms. The Morgan fingerprint density at radius 2 is 1.52 bits per heavy atom. The first-order chi connectivity index (χ1) is 13.0. The highest BCUT2D eigenvalue weighted by Gasteiger charge is 2.11. The maximum Gasteiger partial charge on any atom is 0.142 e. The average Bonchev–Trinajstić information content (AvgIpc) is 2.64. The zero-order chi connectivity index (χ0) is 19.2. The van der Waals surface area contributed by atoms with Crippen LogP contribution < -0.4 is 10.1 Å². The minimum atomic E-state index is 0.444. The Bertz CT molecular complexity index is 910. The Labute approximate surface area is 175 Å². The van der Waals surface area contributed by atoms with Gasteiger partial charge in [0.15, 0.2) is 0 Å². The van der Waals surface area contributed by atoms with Crippen LogP contribution in [0.3, 0.4) is 0 Å². The zero-order valence-corrected chi connectivity index (χ0v) is 17.2. The summed E-state index contributed by atoms with van der Waals surface area (Å²) in [5, 5.41) is 5.20. The fraction of sp³-hybridized carbons (Fsp3) is 0.182. The van der Waals surface area contributed by atoms with E-state index in [2.05, 4.69) is 36.5 Å². The molecule has 0 aliphatic rings. The van der Waals surface area contributed by atoms with Crippen LogP contribution in [-0.4, -0.2) is 0 Å². The molecule has 3 aromatic rings. The summed E-state index contributed by atoms with van der Waals surface area (Å²) < 4.78 is 6.02. The van der Waals surface area contributed by atoms with Gasteiger partial charge in [-0.3, -0.25) is 0 Å². The first-order valence-electron chi connectivity index (χ1n) is 8.63. The standard InChI is InChI=1S/C22H20Cl3NO/c1-15-6-8-16(9-7-15)14-27-22-18(10-19(23)11-21(22)25)13-26-12-17-4-2-3-5-20(17)24/h2-11,26H,12-14H2,1H3. The fourth-order valence-electron chi connectivity index (χ4n) is 2.72. The van der Waals surface area contributed by atoms with Crippen LogP contribution >= 0.6 is 34.8 Å². The summed E-state index contributed by atoms with van der Waals surface area (Å²) in [6.45, 7) is 3.71. The lowest BCUT2D eigenvalue weighted by atomic mass is 10.1. The van der Waals surface area contributed by atoms with E-state index in [0.29, 0.717) is 35.5 Å². The molecule has 0 aliphatic heterocycles. The lowest BCUT2D eigenvalue weighted by molar-refractivity contribution is 0.302. The van der Waals surface area contributed by atoms with Gasteiger partial charge >= 0.3 is 0 Å². The van der Waals surface area contributed by atoms with Gasteiger partial charge in [0, 0.05) is 28.7 Å². The van der Waals surface area contributed by atoms with Gasteiger partial charge in [-0.15, -0.1) is 0 Å². The van der Waals surface area contributed by atoms with Crippen LogP contribution in [0.2, 0.25) is 15.1 Å². The molecule has 0 atom stereocenters. The molecule has 0 bridgehead atoms. The summed E-state index contributed by atoms with van der Waals surface area (Å²) in [5.74, 6) is 0.647. The zero-order valence-electron chi connectivity index (χ0n) is 14.9. The molecule has 0 saturated heterocycles. The second-order valence-electron chi connectivity index (χ2n) is 6.35.